The van der Waals surface area contributed by atoms with Gasteiger partial charge < -0.3 is 5.32 Å². The summed E-state index contributed by atoms with van der Waals surface area (Å²) < 4.78 is 1.77. The number of rotatable bonds is 3. The van der Waals surface area contributed by atoms with Gasteiger partial charge in [-0.05, 0) is 24.6 Å². The van der Waals surface area contributed by atoms with Crippen LogP contribution in [0.1, 0.15) is 11.3 Å². The second kappa shape index (κ2) is 4.64. The molecule has 3 rings (SSSR count). The number of fused-ring (bicyclic) bond motifs is 1. The maximum absolute atomic E-state index is 4.37. The van der Waals surface area contributed by atoms with Gasteiger partial charge in [0.1, 0.15) is 12.1 Å². The first kappa shape index (κ1) is 11.6. The van der Waals surface area contributed by atoms with Gasteiger partial charge in [-0.1, -0.05) is 0 Å². The molecular formula is C13H14N6. The van der Waals surface area contributed by atoms with E-state index < -0.39 is 0 Å². The van der Waals surface area contributed by atoms with E-state index in [1.807, 2.05) is 26.1 Å². The highest BCUT2D eigenvalue weighted by Gasteiger charge is 2.11. The van der Waals surface area contributed by atoms with E-state index in [2.05, 4.69) is 25.4 Å². The van der Waals surface area contributed by atoms with Crippen LogP contribution in [0.3, 0.4) is 0 Å². The number of hydrogen-bond acceptors (Lipinski definition) is 5. The smallest absolute Gasteiger partial charge is 0.163 e. The topological polar surface area (TPSA) is 68.5 Å². The number of aryl methyl sites for hydroxylation is 2. The summed E-state index contributed by atoms with van der Waals surface area (Å²) in [6.07, 6.45) is 5.11. The zero-order valence-corrected chi connectivity index (χ0v) is 10.8. The summed E-state index contributed by atoms with van der Waals surface area (Å²) in [6, 6.07) is 3.95. The van der Waals surface area contributed by atoms with Gasteiger partial charge >= 0.3 is 0 Å². The van der Waals surface area contributed by atoms with E-state index >= 15 is 0 Å². The van der Waals surface area contributed by atoms with Crippen molar-refractivity contribution in [1.29, 1.82) is 0 Å². The Morgan fingerprint density at radius 2 is 2.00 bits per heavy atom. The highest BCUT2D eigenvalue weighted by molar-refractivity contribution is 5.88. The van der Waals surface area contributed by atoms with Gasteiger partial charge in [-0.15, -0.1) is 0 Å². The fraction of sp³-hybridized carbons (Fsp3) is 0.231. The number of anilines is 1. The van der Waals surface area contributed by atoms with Crippen molar-refractivity contribution in [2.45, 2.75) is 13.5 Å². The predicted octanol–water partition coefficient (Wildman–Crippen LogP) is 1.68. The second-order valence-electron chi connectivity index (χ2n) is 4.34. The summed E-state index contributed by atoms with van der Waals surface area (Å²) in [7, 11) is 1.88. The number of nitrogens with zero attached hydrogens (tertiary/aromatic N) is 5. The lowest BCUT2D eigenvalue weighted by Gasteiger charge is -2.06. The molecule has 0 radical (unpaired) electrons. The molecule has 0 atom stereocenters. The average Bonchev–Trinajstić information content (AvgIpc) is 2.74. The lowest BCUT2D eigenvalue weighted by Crippen LogP contribution is -2.03. The average molecular weight is 254 g/mol. The Morgan fingerprint density at radius 3 is 2.79 bits per heavy atom. The zero-order valence-electron chi connectivity index (χ0n) is 10.8. The molecule has 1 N–H and O–H groups in total. The molecule has 0 aliphatic heterocycles. The van der Waals surface area contributed by atoms with Crippen molar-refractivity contribution in [2.24, 2.45) is 7.05 Å². The Bertz CT molecular complexity index is 704. The molecule has 96 valence electrons. The molecule has 0 bridgehead atoms. The van der Waals surface area contributed by atoms with Crippen LogP contribution >= 0.6 is 0 Å². The molecule has 0 saturated carbocycles. The van der Waals surface area contributed by atoms with E-state index in [-0.39, 0.29) is 0 Å². The third kappa shape index (κ3) is 2.12. The zero-order chi connectivity index (χ0) is 13.2. The fourth-order valence-electron chi connectivity index (χ4n) is 2.10. The molecule has 19 heavy (non-hydrogen) atoms. The molecule has 3 aromatic heterocycles. The van der Waals surface area contributed by atoms with Crippen molar-refractivity contribution < 1.29 is 0 Å². The number of nitrogens with one attached hydrogen (secondary N) is 1. The van der Waals surface area contributed by atoms with Crippen molar-refractivity contribution in [1.82, 2.24) is 24.7 Å². The number of aromatic nitrogens is 5. The van der Waals surface area contributed by atoms with Crippen LogP contribution in [0.4, 0.5) is 5.82 Å². The standard InChI is InChI=1S/C13H14N6/c1-9-11-12(15-7-10-3-5-14-6-4-10)16-8-17-13(11)19(2)18-9/h3-6,8H,7H2,1-2H3,(H,15,16,17). The molecule has 0 spiro atoms. The fourth-order valence-corrected chi connectivity index (χ4v) is 2.10. The van der Waals surface area contributed by atoms with Gasteiger partial charge in [0.2, 0.25) is 0 Å². The molecule has 0 aromatic carbocycles. The lowest BCUT2D eigenvalue weighted by molar-refractivity contribution is 0.773. The Kier molecular flexibility index (Phi) is 2.83. The first-order chi connectivity index (χ1) is 9.25. The van der Waals surface area contributed by atoms with Gasteiger partial charge in [0.25, 0.3) is 0 Å². The Morgan fingerprint density at radius 1 is 1.21 bits per heavy atom. The minimum Gasteiger partial charge on any atom is -0.365 e. The van der Waals surface area contributed by atoms with Crippen LogP contribution in [0.5, 0.6) is 0 Å². The number of hydrogen-bond donors (Lipinski definition) is 1. The van der Waals surface area contributed by atoms with E-state index in [9.17, 15) is 0 Å². The monoisotopic (exact) mass is 254 g/mol. The van der Waals surface area contributed by atoms with Crippen LogP contribution in [0.2, 0.25) is 0 Å². The molecule has 3 aromatic rings. The molecule has 0 aliphatic rings. The minimum atomic E-state index is 0.697. The molecule has 3 heterocycles. The summed E-state index contributed by atoms with van der Waals surface area (Å²) in [5.41, 5.74) is 2.92. The molecule has 0 fully saturated rings. The lowest BCUT2D eigenvalue weighted by atomic mass is 10.2. The highest BCUT2D eigenvalue weighted by atomic mass is 15.3. The van der Waals surface area contributed by atoms with Gasteiger partial charge in [0.15, 0.2) is 5.65 Å². The highest BCUT2D eigenvalue weighted by Crippen LogP contribution is 2.22. The summed E-state index contributed by atoms with van der Waals surface area (Å²) >= 11 is 0. The third-order valence-corrected chi connectivity index (χ3v) is 3.00. The van der Waals surface area contributed by atoms with E-state index in [0.717, 1.165) is 28.1 Å². The molecule has 0 aliphatic carbocycles. The van der Waals surface area contributed by atoms with E-state index in [0.29, 0.717) is 6.54 Å². The van der Waals surface area contributed by atoms with Crippen molar-refractivity contribution >= 4 is 16.9 Å². The van der Waals surface area contributed by atoms with Gasteiger partial charge in [0.05, 0.1) is 11.1 Å². The van der Waals surface area contributed by atoms with Crippen LogP contribution in [0.25, 0.3) is 11.0 Å². The molecule has 6 nitrogen and oxygen atoms in total. The molecule has 0 saturated heterocycles. The van der Waals surface area contributed by atoms with E-state index in [4.69, 9.17) is 0 Å². The van der Waals surface area contributed by atoms with Gasteiger partial charge in [0, 0.05) is 26.0 Å². The SMILES string of the molecule is Cc1nn(C)c2ncnc(NCc3ccncc3)c12. The minimum absolute atomic E-state index is 0.697. The maximum Gasteiger partial charge on any atom is 0.163 e. The summed E-state index contributed by atoms with van der Waals surface area (Å²) in [6.45, 7) is 2.66. The van der Waals surface area contributed by atoms with Crippen LogP contribution in [0, 0.1) is 6.92 Å². The van der Waals surface area contributed by atoms with Crippen LogP contribution in [0.15, 0.2) is 30.9 Å². The quantitative estimate of drug-likeness (QED) is 0.770. The Hall–Kier alpha value is -2.50. The Balaban J connectivity index is 1.93. The normalized spacial score (nSPS) is 10.8. The summed E-state index contributed by atoms with van der Waals surface area (Å²) in [4.78, 5) is 12.6. The second-order valence-corrected chi connectivity index (χ2v) is 4.34. The van der Waals surface area contributed by atoms with Crippen molar-refractivity contribution in [2.75, 3.05) is 5.32 Å². The van der Waals surface area contributed by atoms with Crippen molar-refractivity contribution in [3.63, 3.8) is 0 Å². The van der Waals surface area contributed by atoms with Crippen molar-refractivity contribution in [3.05, 3.63) is 42.1 Å². The summed E-state index contributed by atoms with van der Waals surface area (Å²) in [5, 5.41) is 8.67. The first-order valence-corrected chi connectivity index (χ1v) is 6.03. The van der Waals surface area contributed by atoms with E-state index in [1.165, 1.54) is 0 Å². The molecule has 0 amide bonds. The van der Waals surface area contributed by atoms with Crippen LogP contribution < -0.4 is 5.32 Å². The molecule has 6 heteroatoms. The van der Waals surface area contributed by atoms with Crippen molar-refractivity contribution in [3.8, 4) is 0 Å². The van der Waals surface area contributed by atoms with Gasteiger partial charge in [-0.2, -0.15) is 5.10 Å². The number of pyridine rings is 1. The molecular weight excluding hydrogens is 240 g/mol. The van der Waals surface area contributed by atoms with Gasteiger partial charge in [-0.3, -0.25) is 9.67 Å². The summed E-state index contributed by atoms with van der Waals surface area (Å²) in [5.74, 6) is 0.812. The largest absolute Gasteiger partial charge is 0.365 e. The van der Waals surface area contributed by atoms with E-state index in [1.54, 1.807) is 23.4 Å². The van der Waals surface area contributed by atoms with Gasteiger partial charge in [-0.25, -0.2) is 9.97 Å². The molecule has 0 unspecified atom stereocenters. The third-order valence-electron chi connectivity index (χ3n) is 3.00. The maximum atomic E-state index is 4.37. The van der Waals surface area contributed by atoms with Crippen LogP contribution in [-0.4, -0.2) is 24.7 Å². The first-order valence-electron chi connectivity index (χ1n) is 6.03. The Labute approximate surface area is 110 Å². The predicted molar refractivity (Wildman–Crippen MR) is 72.6 cm³/mol. The van der Waals surface area contributed by atoms with Crippen LogP contribution in [-0.2, 0) is 13.6 Å².